The van der Waals surface area contributed by atoms with Gasteiger partial charge in [-0.3, -0.25) is 0 Å². The molecule has 0 spiro atoms. The first-order chi connectivity index (χ1) is 13.1. The Balaban J connectivity index is 1.53. The molecule has 0 aliphatic carbocycles. The lowest BCUT2D eigenvalue weighted by atomic mass is 10.0. The molecule has 1 aromatic heterocycles. The topological polar surface area (TPSA) is 79.7 Å². The van der Waals surface area contributed by atoms with Gasteiger partial charge in [0.15, 0.2) is 0 Å². The summed E-state index contributed by atoms with van der Waals surface area (Å²) < 4.78 is 5.28. The van der Waals surface area contributed by atoms with Crippen molar-refractivity contribution in [2.45, 2.75) is 6.61 Å². The Kier molecular flexibility index (Phi) is 4.48. The van der Waals surface area contributed by atoms with Crippen molar-refractivity contribution >= 4 is 28.1 Å². The number of carbonyl (C=O) groups excluding carboxylic acids is 1. The minimum absolute atomic E-state index is 0.0187. The number of esters is 1. The molecular weight excluding hydrogens is 362 g/mol. The molecule has 5 nitrogen and oxygen atoms in total. The number of hydrogen-bond donors (Lipinski definition) is 2. The van der Waals surface area contributed by atoms with Crippen LogP contribution in [-0.2, 0) is 11.3 Å². The summed E-state index contributed by atoms with van der Waals surface area (Å²) in [4.78, 5) is 16.9. The Morgan fingerprint density at radius 2 is 1.70 bits per heavy atom. The zero-order valence-electron chi connectivity index (χ0n) is 14.1. The lowest BCUT2D eigenvalue weighted by molar-refractivity contribution is 0.0465. The summed E-state index contributed by atoms with van der Waals surface area (Å²) in [5, 5.41) is 24.0. The summed E-state index contributed by atoms with van der Waals surface area (Å²) in [6.45, 7) is -0.0187. The van der Waals surface area contributed by atoms with Crippen LogP contribution in [0.2, 0.25) is 0 Å². The zero-order chi connectivity index (χ0) is 18.8. The highest BCUT2D eigenvalue weighted by molar-refractivity contribution is 7.13. The van der Waals surface area contributed by atoms with Crippen LogP contribution < -0.4 is 0 Å². The van der Waals surface area contributed by atoms with Crippen LogP contribution in [0.3, 0.4) is 0 Å². The first kappa shape index (κ1) is 17.1. The molecule has 2 N–H and O–H groups in total. The number of benzene rings is 3. The lowest BCUT2D eigenvalue weighted by Crippen LogP contribution is -2.06. The molecular formula is C21H15NO4S. The highest BCUT2D eigenvalue weighted by atomic mass is 32.1. The average Bonchev–Trinajstić information content (AvgIpc) is 3.19. The minimum Gasteiger partial charge on any atom is -0.507 e. The third kappa shape index (κ3) is 3.35. The van der Waals surface area contributed by atoms with E-state index in [0.29, 0.717) is 16.5 Å². The van der Waals surface area contributed by atoms with Crippen LogP contribution in [0.25, 0.3) is 21.3 Å². The average molecular weight is 377 g/mol. The maximum Gasteiger partial charge on any atom is 0.342 e. The molecule has 3 aromatic carbocycles. The number of ether oxygens (including phenoxy) is 1. The summed E-state index contributed by atoms with van der Waals surface area (Å²) in [6, 6.07) is 17.7. The van der Waals surface area contributed by atoms with Gasteiger partial charge in [-0.15, -0.1) is 11.3 Å². The first-order valence-electron chi connectivity index (χ1n) is 8.24. The van der Waals surface area contributed by atoms with Gasteiger partial charge >= 0.3 is 5.97 Å². The van der Waals surface area contributed by atoms with Crippen LogP contribution in [-0.4, -0.2) is 21.2 Å². The van der Waals surface area contributed by atoms with Gasteiger partial charge in [0.25, 0.3) is 0 Å². The van der Waals surface area contributed by atoms with Gasteiger partial charge in [0.1, 0.15) is 28.7 Å². The van der Waals surface area contributed by atoms with Gasteiger partial charge in [0, 0.05) is 21.7 Å². The fourth-order valence-electron chi connectivity index (χ4n) is 2.80. The second-order valence-corrected chi connectivity index (χ2v) is 6.78. The van der Waals surface area contributed by atoms with E-state index in [1.807, 2.05) is 35.7 Å². The molecule has 1 heterocycles. The summed E-state index contributed by atoms with van der Waals surface area (Å²) in [5.41, 5.74) is 1.54. The van der Waals surface area contributed by atoms with Crippen molar-refractivity contribution in [1.29, 1.82) is 0 Å². The fourth-order valence-corrected chi connectivity index (χ4v) is 3.61. The molecule has 0 fully saturated rings. The lowest BCUT2D eigenvalue weighted by Gasteiger charge is -2.09. The largest absolute Gasteiger partial charge is 0.507 e. The number of phenolic OH excluding ortho intramolecular Hbond substituents is 2. The molecule has 0 unspecified atom stereocenters. The molecule has 27 heavy (non-hydrogen) atoms. The Morgan fingerprint density at radius 3 is 2.48 bits per heavy atom. The number of thiazole rings is 1. The van der Waals surface area contributed by atoms with E-state index < -0.39 is 5.97 Å². The van der Waals surface area contributed by atoms with Crippen molar-refractivity contribution in [2.24, 2.45) is 0 Å². The van der Waals surface area contributed by atoms with E-state index in [9.17, 15) is 15.0 Å². The van der Waals surface area contributed by atoms with Crippen molar-refractivity contribution in [3.8, 4) is 22.1 Å². The molecule has 0 saturated carbocycles. The molecule has 0 atom stereocenters. The molecule has 0 saturated heterocycles. The van der Waals surface area contributed by atoms with E-state index in [2.05, 4.69) is 4.98 Å². The highest BCUT2D eigenvalue weighted by Crippen LogP contribution is 2.35. The van der Waals surface area contributed by atoms with Crippen molar-refractivity contribution in [1.82, 2.24) is 4.98 Å². The second-order valence-electron chi connectivity index (χ2n) is 5.92. The molecule has 134 valence electrons. The third-order valence-corrected chi connectivity index (χ3v) is 5.08. The van der Waals surface area contributed by atoms with Gasteiger partial charge in [-0.2, -0.15) is 0 Å². The second kappa shape index (κ2) is 7.09. The normalized spacial score (nSPS) is 10.8. The number of hydrogen-bond acceptors (Lipinski definition) is 6. The fraction of sp³-hybridized carbons (Fsp3) is 0.0476. The SMILES string of the molecule is O=C(OCc1csc(-c2ccccc2)n1)c1cc(O)c2ccccc2c1O. The summed E-state index contributed by atoms with van der Waals surface area (Å²) >= 11 is 1.47. The van der Waals surface area contributed by atoms with Crippen molar-refractivity contribution in [3.05, 3.63) is 77.3 Å². The molecule has 0 aliphatic heterocycles. The van der Waals surface area contributed by atoms with Crippen molar-refractivity contribution < 1.29 is 19.7 Å². The van der Waals surface area contributed by atoms with Crippen LogP contribution in [0.5, 0.6) is 11.5 Å². The van der Waals surface area contributed by atoms with Crippen LogP contribution in [0.1, 0.15) is 16.1 Å². The number of phenols is 2. The smallest absolute Gasteiger partial charge is 0.342 e. The van der Waals surface area contributed by atoms with Gasteiger partial charge in [-0.25, -0.2) is 9.78 Å². The quantitative estimate of drug-likeness (QED) is 0.397. The standard InChI is InChI=1S/C21H15NO4S/c23-18-10-17(19(24)16-9-5-4-8-15(16)18)21(25)26-11-14-12-27-20(22-14)13-6-2-1-3-7-13/h1-10,12,23-24H,11H2. The van der Waals surface area contributed by atoms with Crippen molar-refractivity contribution in [3.63, 3.8) is 0 Å². The van der Waals surface area contributed by atoms with Gasteiger partial charge in [0.05, 0.1) is 5.69 Å². The number of aromatic nitrogens is 1. The number of fused-ring (bicyclic) bond motifs is 1. The van der Waals surface area contributed by atoms with E-state index in [0.717, 1.165) is 10.6 Å². The minimum atomic E-state index is -0.720. The van der Waals surface area contributed by atoms with Crippen molar-refractivity contribution in [2.75, 3.05) is 0 Å². The zero-order valence-corrected chi connectivity index (χ0v) is 14.9. The predicted molar refractivity (Wildman–Crippen MR) is 104 cm³/mol. The molecule has 0 amide bonds. The van der Waals surface area contributed by atoms with E-state index in [1.165, 1.54) is 17.4 Å². The number of carbonyl (C=O) groups is 1. The van der Waals surface area contributed by atoms with Crippen LogP contribution in [0, 0.1) is 0 Å². The maximum absolute atomic E-state index is 12.4. The molecule has 0 bridgehead atoms. The summed E-state index contributed by atoms with van der Waals surface area (Å²) in [5.74, 6) is -1.02. The molecule has 0 radical (unpaired) electrons. The van der Waals surface area contributed by atoms with Crippen LogP contribution in [0.15, 0.2) is 66.0 Å². The Hall–Kier alpha value is -3.38. The summed E-state index contributed by atoms with van der Waals surface area (Å²) in [6.07, 6.45) is 0. The van der Waals surface area contributed by atoms with E-state index >= 15 is 0 Å². The number of nitrogens with zero attached hydrogens (tertiary/aromatic N) is 1. The van der Waals surface area contributed by atoms with Gasteiger partial charge in [-0.1, -0.05) is 54.6 Å². The Labute approximate surface area is 159 Å². The first-order valence-corrected chi connectivity index (χ1v) is 9.12. The molecule has 6 heteroatoms. The Morgan fingerprint density at radius 1 is 1.00 bits per heavy atom. The van der Waals surface area contributed by atoms with Gasteiger partial charge in [-0.05, 0) is 6.07 Å². The Bertz CT molecular complexity index is 1120. The monoisotopic (exact) mass is 377 g/mol. The third-order valence-electron chi connectivity index (χ3n) is 4.14. The van der Waals surface area contributed by atoms with E-state index in [1.54, 1.807) is 24.3 Å². The number of rotatable bonds is 4. The molecule has 0 aliphatic rings. The molecule has 4 aromatic rings. The number of aromatic hydroxyl groups is 2. The maximum atomic E-state index is 12.4. The van der Waals surface area contributed by atoms with E-state index in [-0.39, 0.29) is 23.7 Å². The van der Waals surface area contributed by atoms with Crippen LogP contribution in [0.4, 0.5) is 0 Å². The van der Waals surface area contributed by atoms with Gasteiger partial charge < -0.3 is 14.9 Å². The highest BCUT2D eigenvalue weighted by Gasteiger charge is 2.18. The van der Waals surface area contributed by atoms with E-state index in [4.69, 9.17) is 4.74 Å². The van der Waals surface area contributed by atoms with Gasteiger partial charge in [0.2, 0.25) is 0 Å². The predicted octanol–water partition coefficient (Wildman–Crippen LogP) is 4.73. The molecule has 4 rings (SSSR count). The summed E-state index contributed by atoms with van der Waals surface area (Å²) in [7, 11) is 0. The van der Waals surface area contributed by atoms with Crippen LogP contribution >= 0.6 is 11.3 Å².